The number of carbonyl (C=O) groups is 2. The molecule has 0 atom stereocenters. The molecule has 0 unspecified atom stereocenters. The van der Waals surface area contributed by atoms with Crippen molar-refractivity contribution in [2.75, 3.05) is 26.7 Å². The van der Waals surface area contributed by atoms with Gasteiger partial charge >= 0.3 is 12.0 Å². The first-order chi connectivity index (χ1) is 8.97. The summed E-state index contributed by atoms with van der Waals surface area (Å²) in [5.74, 6) is -0.854. The fourth-order valence-corrected chi connectivity index (χ4v) is 2.05. The van der Waals surface area contributed by atoms with Gasteiger partial charge in [0.15, 0.2) is 0 Å². The zero-order chi connectivity index (χ0) is 14.8. The summed E-state index contributed by atoms with van der Waals surface area (Å²) in [6, 6.07) is -0.0327. The molecule has 0 radical (unpaired) electrons. The number of carboxylic acid groups (broad SMARTS) is 1. The summed E-state index contributed by atoms with van der Waals surface area (Å²) in [5.41, 5.74) is 0. The van der Waals surface area contributed by atoms with E-state index in [1.54, 1.807) is 11.9 Å². The summed E-state index contributed by atoms with van der Waals surface area (Å²) in [4.78, 5) is 25.9. The van der Waals surface area contributed by atoms with Crippen molar-refractivity contribution in [3.05, 3.63) is 0 Å². The van der Waals surface area contributed by atoms with Gasteiger partial charge in [-0.3, -0.25) is 4.79 Å². The highest BCUT2D eigenvalue weighted by Crippen LogP contribution is 2.11. The van der Waals surface area contributed by atoms with Gasteiger partial charge in [-0.05, 0) is 19.3 Å². The fourth-order valence-electron chi connectivity index (χ4n) is 2.05. The second-order valence-electron chi connectivity index (χ2n) is 4.59. The van der Waals surface area contributed by atoms with Gasteiger partial charge in [-0.15, -0.1) is 0 Å². The molecule has 0 bridgehead atoms. The van der Waals surface area contributed by atoms with Crippen LogP contribution in [-0.4, -0.2) is 64.8 Å². The van der Waals surface area contributed by atoms with E-state index in [1.807, 2.05) is 13.8 Å². The molecule has 0 spiro atoms. The molecule has 0 saturated carbocycles. The molecular formula is C13H26N2O4. The van der Waals surface area contributed by atoms with Crippen molar-refractivity contribution >= 4 is 12.0 Å². The highest BCUT2D eigenvalue weighted by Gasteiger charge is 2.23. The molecule has 0 aliphatic heterocycles. The van der Waals surface area contributed by atoms with Crippen molar-refractivity contribution in [3.63, 3.8) is 0 Å². The lowest BCUT2D eigenvalue weighted by molar-refractivity contribution is -0.137. The topological polar surface area (TPSA) is 81.1 Å². The average Bonchev–Trinajstić information content (AvgIpc) is 2.37. The third kappa shape index (κ3) is 6.42. The van der Waals surface area contributed by atoms with Crippen LogP contribution >= 0.6 is 0 Å². The molecule has 0 aromatic rings. The number of carbonyl (C=O) groups excluding carboxylic acids is 1. The maximum atomic E-state index is 12.3. The number of amides is 2. The van der Waals surface area contributed by atoms with E-state index < -0.39 is 5.97 Å². The van der Waals surface area contributed by atoms with E-state index in [4.69, 9.17) is 10.2 Å². The second-order valence-corrected chi connectivity index (χ2v) is 4.59. The summed E-state index contributed by atoms with van der Waals surface area (Å²) in [6.07, 6.45) is 2.17. The van der Waals surface area contributed by atoms with Crippen LogP contribution in [0.3, 0.4) is 0 Å². The Hall–Kier alpha value is -1.30. The highest BCUT2D eigenvalue weighted by atomic mass is 16.4. The number of carboxylic acids is 1. The number of hydrogen-bond acceptors (Lipinski definition) is 3. The molecule has 0 saturated heterocycles. The van der Waals surface area contributed by atoms with Gasteiger partial charge in [-0.25, -0.2) is 4.79 Å². The number of hydrogen-bond donors (Lipinski definition) is 2. The van der Waals surface area contributed by atoms with Gasteiger partial charge in [0.25, 0.3) is 0 Å². The zero-order valence-electron chi connectivity index (χ0n) is 12.1. The Bertz CT molecular complexity index is 280. The monoisotopic (exact) mass is 274 g/mol. The molecule has 6 nitrogen and oxygen atoms in total. The van der Waals surface area contributed by atoms with Gasteiger partial charge in [0.2, 0.25) is 0 Å². The molecule has 0 aliphatic carbocycles. The predicted molar refractivity (Wildman–Crippen MR) is 73.1 cm³/mol. The first kappa shape index (κ1) is 17.7. The minimum atomic E-state index is -0.854. The normalized spacial score (nSPS) is 10.6. The zero-order valence-corrected chi connectivity index (χ0v) is 12.1. The number of aliphatic hydroxyl groups is 1. The van der Waals surface area contributed by atoms with Crippen LogP contribution in [-0.2, 0) is 4.79 Å². The van der Waals surface area contributed by atoms with Gasteiger partial charge in [-0.2, -0.15) is 0 Å². The van der Waals surface area contributed by atoms with Crippen LogP contribution in [0.4, 0.5) is 4.79 Å². The number of aliphatic hydroxyl groups excluding tert-OH is 1. The molecule has 0 heterocycles. The van der Waals surface area contributed by atoms with Gasteiger partial charge in [-0.1, -0.05) is 13.8 Å². The molecular weight excluding hydrogens is 248 g/mol. The summed E-state index contributed by atoms with van der Waals surface area (Å²) >= 11 is 0. The van der Waals surface area contributed by atoms with Crippen molar-refractivity contribution in [3.8, 4) is 0 Å². The SMILES string of the molecule is CCC(CC)N(CCO)C(=O)N(C)CCCC(=O)O. The van der Waals surface area contributed by atoms with Crippen molar-refractivity contribution in [1.82, 2.24) is 9.80 Å². The fraction of sp³-hybridized carbons (Fsp3) is 0.846. The average molecular weight is 274 g/mol. The minimum absolute atomic E-state index is 0.0581. The van der Waals surface area contributed by atoms with E-state index in [9.17, 15) is 9.59 Å². The lowest BCUT2D eigenvalue weighted by Crippen LogP contribution is -2.48. The van der Waals surface area contributed by atoms with E-state index in [0.717, 1.165) is 12.8 Å². The van der Waals surface area contributed by atoms with E-state index in [-0.39, 0.29) is 25.1 Å². The lowest BCUT2D eigenvalue weighted by Gasteiger charge is -2.33. The van der Waals surface area contributed by atoms with Crippen LogP contribution in [0.15, 0.2) is 0 Å². The molecule has 2 amide bonds. The van der Waals surface area contributed by atoms with Crippen LogP contribution in [0.1, 0.15) is 39.5 Å². The molecule has 0 aliphatic rings. The highest BCUT2D eigenvalue weighted by molar-refractivity contribution is 5.74. The molecule has 0 aromatic carbocycles. The molecule has 19 heavy (non-hydrogen) atoms. The van der Waals surface area contributed by atoms with Crippen LogP contribution in [0.2, 0.25) is 0 Å². The van der Waals surface area contributed by atoms with Crippen LogP contribution in [0.25, 0.3) is 0 Å². The van der Waals surface area contributed by atoms with Crippen molar-refractivity contribution in [2.24, 2.45) is 0 Å². The van der Waals surface area contributed by atoms with Gasteiger partial charge in [0, 0.05) is 32.6 Å². The molecule has 6 heteroatoms. The number of urea groups is 1. The number of nitrogens with zero attached hydrogens (tertiary/aromatic N) is 2. The summed E-state index contributed by atoms with van der Waals surface area (Å²) in [6.45, 7) is 4.68. The van der Waals surface area contributed by atoms with Crippen molar-refractivity contribution in [1.29, 1.82) is 0 Å². The smallest absolute Gasteiger partial charge is 0.320 e. The standard InChI is InChI=1S/C13H26N2O4/c1-4-11(5-2)15(9-10-16)13(19)14(3)8-6-7-12(17)18/h11,16H,4-10H2,1-3H3,(H,17,18). The third-order valence-electron chi connectivity index (χ3n) is 3.18. The Labute approximate surface area is 115 Å². The largest absolute Gasteiger partial charge is 0.481 e. The summed E-state index contributed by atoms with van der Waals surface area (Å²) in [5, 5.41) is 17.6. The van der Waals surface area contributed by atoms with Crippen LogP contribution in [0.5, 0.6) is 0 Å². The first-order valence-electron chi connectivity index (χ1n) is 6.82. The maximum Gasteiger partial charge on any atom is 0.320 e. The first-order valence-corrected chi connectivity index (χ1v) is 6.82. The minimum Gasteiger partial charge on any atom is -0.481 e. The molecule has 0 aromatic heterocycles. The van der Waals surface area contributed by atoms with Crippen LogP contribution in [0, 0.1) is 0 Å². The van der Waals surface area contributed by atoms with E-state index in [0.29, 0.717) is 19.5 Å². The van der Waals surface area contributed by atoms with Crippen LogP contribution < -0.4 is 0 Å². The molecule has 2 N–H and O–H groups in total. The quantitative estimate of drug-likeness (QED) is 0.665. The van der Waals surface area contributed by atoms with Gasteiger partial charge < -0.3 is 20.0 Å². The van der Waals surface area contributed by atoms with Gasteiger partial charge in [0.1, 0.15) is 0 Å². The van der Waals surface area contributed by atoms with Crippen molar-refractivity contribution < 1.29 is 19.8 Å². The van der Waals surface area contributed by atoms with Crippen molar-refractivity contribution in [2.45, 2.75) is 45.6 Å². The third-order valence-corrected chi connectivity index (χ3v) is 3.18. The van der Waals surface area contributed by atoms with E-state index in [1.165, 1.54) is 4.90 Å². The van der Waals surface area contributed by atoms with Gasteiger partial charge in [0.05, 0.1) is 6.61 Å². The molecule has 112 valence electrons. The predicted octanol–water partition coefficient (Wildman–Crippen LogP) is 1.39. The van der Waals surface area contributed by atoms with E-state index >= 15 is 0 Å². The lowest BCUT2D eigenvalue weighted by atomic mass is 10.1. The number of aliphatic carboxylic acids is 1. The Balaban J connectivity index is 4.47. The Morgan fingerprint density at radius 2 is 1.74 bits per heavy atom. The maximum absolute atomic E-state index is 12.3. The van der Waals surface area contributed by atoms with E-state index in [2.05, 4.69) is 0 Å². The molecule has 0 fully saturated rings. The summed E-state index contributed by atoms with van der Waals surface area (Å²) in [7, 11) is 1.66. The second kappa shape index (κ2) is 9.61. The Morgan fingerprint density at radius 1 is 1.16 bits per heavy atom. The Morgan fingerprint density at radius 3 is 2.16 bits per heavy atom. The summed E-state index contributed by atoms with van der Waals surface area (Å²) < 4.78 is 0. The number of rotatable bonds is 9. The Kier molecular flexibility index (Phi) is 8.95. The molecule has 0 rings (SSSR count).